The maximum absolute atomic E-state index is 12.2. The molecule has 80 valence electrons. The van der Waals surface area contributed by atoms with Crippen LogP contribution in [0.5, 0.6) is 0 Å². The SMILES string of the molecule is O=C(c1ccncc1)[N+]1([O-])CCCCC1. The fraction of sp³-hybridized carbons (Fsp3) is 0.455. The number of hydroxylamine groups is 3. The first-order chi connectivity index (χ1) is 7.22. The summed E-state index contributed by atoms with van der Waals surface area (Å²) in [5, 5.41) is 12.2. The molecule has 0 radical (unpaired) electrons. The number of aromatic nitrogens is 1. The topological polar surface area (TPSA) is 53.0 Å². The standard InChI is InChI=1S/C11H14N2O2/c14-11(10-4-6-12-7-5-10)13(15)8-2-1-3-9-13/h4-7H,1-3,8-9H2. The molecule has 0 saturated carbocycles. The summed E-state index contributed by atoms with van der Waals surface area (Å²) in [5.74, 6) is -0.322. The van der Waals surface area contributed by atoms with E-state index in [0.717, 1.165) is 19.3 Å². The first kappa shape index (κ1) is 10.3. The van der Waals surface area contributed by atoms with Gasteiger partial charge in [0, 0.05) is 12.4 Å². The van der Waals surface area contributed by atoms with Crippen LogP contribution in [0.25, 0.3) is 0 Å². The van der Waals surface area contributed by atoms with Crippen LogP contribution in [0.3, 0.4) is 0 Å². The highest BCUT2D eigenvalue weighted by atomic mass is 16.6. The Labute approximate surface area is 88.7 Å². The zero-order valence-electron chi connectivity index (χ0n) is 8.56. The number of nitrogens with zero attached hydrogens (tertiary/aromatic N) is 2. The predicted octanol–water partition coefficient (Wildman–Crippen LogP) is 1.72. The van der Waals surface area contributed by atoms with Gasteiger partial charge in [-0.15, -0.1) is 0 Å². The number of hydrogen-bond acceptors (Lipinski definition) is 3. The predicted molar refractivity (Wildman–Crippen MR) is 55.8 cm³/mol. The summed E-state index contributed by atoms with van der Waals surface area (Å²) in [6, 6.07) is 3.21. The highest BCUT2D eigenvalue weighted by Crippen LogP contribution is 2.20. The number of carbonyl (C=O) groups excluding carboxylic acids is 1. The normalized spacial score (nSPS) is 19.8. The van der Waals surface area contributed by atoms with Gasteiger partial charge in [0.2, 0.25) is 0 Å². The van der Waals surface area contributed by atoms with Gasteiger partial charge in [0.25, 0.3) is 0 Å². The van der Waals surface area contributed by atoms with Gasteiger partial charge >= 0.3 is 5.91 Å². The summed E-state index contributed by atoms with van der Waals surface area (Å²) in [6.45, 7) is 0.836. The van der Waals surface area contributed by atoms with Crippen molar-refractivity contribution in [3.63, 3.8) is 0 Å². The Bertz CT molecular complexity index is 345. The highest BCUT2D eigenvalue weighted by molar-refractivity contribution is 5.88. The minimum Gasteiger partial charge on any atom is -0.625 e. The number of likely N-dealkylation sites (tertiary alicyclic amines) is 1. The van der Waals surface area contributed by atoms with E-state index in [4.69, 9.17) is 0 Å². The van der Waals surface area contributed by atoms with Crippen molar-refractivity contribution >= 4 is 5.91 Å². The van der Waals surface area contributed by atoms with Crippen LogP contribution in [-0.2, 0) is 0 Å². The molecule has 0 aliphatic carbocycles. The zero-order chi connectivity index (χ0) is 10.7. The third-order valence-electron chi connectivity index (χ3n) is 2.84. The van der Waals surface area contributed by atoms with Crippen LogP contribution < -0.4 is 0 Å². The van der Waals surface area contributed by atoms with E-state index in [9.17, 15) is 10.0 Å². The van der Waals surface area contributed by atoms with Crippen molar-refractivity contribution in [2.75, 3.05) is 13.1 Å². The molecule has 1 aromatic rings. The van der Waals surface area contributed by atoms with Crippen LogP contribution in [0.1, 0.15) is 29.6 Å². The lowest BCUT2D eigenvalue weighted by atomic mass is 10.1. The summed E-state index contributed by atoms with van der Waals surface area (Å²) >= 11 is 0. The molecule has 0 unspecified atom stereocenters. The Balaban J connectivity index is 2.20. The lowest BCUT2D eigenvalue weighted by Gasteiger charge is -2.42. The maximum Gasteiger partial charge on any atom is 0.345 e. The van der Waals surface area contributed by atoms with Gasteiger partial charge in [-0.1, -0.05) is 0 Å². The van der Waals surface area contributed by atoms with Crippen molar-refractivity contribution in [3.05, 3.63) is 35.3 Å². The van der Waals surface area contributed by atoms with E-state index in [-0.39, 0.29) is 5.91 Å². The van der Waals surface area contributed by atoms with Crippen LogP contribution in [-0.4, -0.2) is 28.6 Å². The Morgan fingerprint density at radius 2 is 1.80 bits per heavy atom. The molecule has 0 aromatic carbocycles. The van der Waals surface area contributed by atoms with Gasteiger partial charge in [-0.2, -0.15) is 0 Å². The third kappa shape index (κ3) is 2.06. The minimum absolute atomic E-state index is 0.322. The fourth-order valence-electron chi connectivity index (χ4n) is 1.96. The second-order valence-corrected chi connectivity index (χ2v) is 3.94. The monoisotopic (exact) mass is 206 g/mol. The molecule has 0 spiro atoms. The number of rotatable bonds is 1. The molecule has 0 atom stereocenters. The molecule has 4 heteroatoms. The second kappa shape index (κ2) is 4.08. The van der Waals surface area contributed by atoms with Gasteiger partial charge in [0.05, 0.1) is 18.7 Å². The van der Waals surface area contributed by atoms with Gasteiger partial charge < -0.3 is 5.21 Å². The lowest BCUT2D eigenvalue weighted by molar-refractivity contribution is -0.803. The van der Waals surface area contributed by atoms with Gasteiger partial charge in [0.15, 0.2) is 0 Å². The third-order valence-corrected chi connectivity index (χ3v) is 2.84. The Morgan fingerprint density at radius 3 is 2.40 bits per heavy atom. The molecule has 1 aliphatic rings. The molecule has 1 aromatic heterocycles. The Hall–Kier alpha value is -1.26. The maximum atomic E-state index is 12.2. The smallest absolute Gasteiger partial charge is 0.345 e. The van der Waals surface area contributed by atoms with E-state index in [1.165, 1.54) is 0 Å². The average molecular weight is 206 g/mol. The van der Waals surface area contributed by atoms with Crippen molar-refractivity contribution in [1.29, 1.82) is 0 Å². The van der Waals surface area contributed by atoms with E-state index in [2.05, 4.69) is 4.98 Å². The summed E-state index contributed by atoms with van der Waals surface area (Å²) in [6.07, 6.45) is 5.85. The fourth-order valence-corrected chi connectivity index (χ4v) is 1.96. The van der Waals surface area contributed by atoms with Crippen molar-refractivity contribution < 1.29 is 9.44 Å². The molecule has 15 heavy (non-hydrogen) atoms. The zero-order valence-corrected chi connectivity index (χ0v) is 8.56. The molecular formula is C11H14N2O2. The first-order valence-corrected chi connectivity index (χ1v) is 5.25. The minimum atomic E-state index is -0.690. The number of hydrogen-bond donors (Lipinski definition) is 0. The van der Waals surface area contributed by atoms with E-state index < -0.39 is 4.65 Å². The van der Waals surface area contributed by atoms with Crippen molar-refractivity contribution in [2.24, 2.45) is 0 Å². The summed E-state index contributed by atoms with van der Waals surface area (Å²) in [7, 11) is 0. The van der Waals surface area contributed by atoms with Crippen LogP contribution in [0, 0.1) is 5.21 Å². The van der Waals surface area contributed by atoms with E-state index in [0.29, 0.717) is 18.7 Å². The summed E-state index contributed by atoms with van der Waals surface area (Å²) in [5.41, 5.74) is 0.474. The van der Waals surface area contributed by atoms with Crippen LogP contribution >= 0.6 is 0 Å². The molecule has 1 fully saturated rings. The number of pyridine rings is 1. The van der Waals surface area contributed by atoms with Gasteiger partial charge in [-0.25, -0.2) is 4.79 Å². The van der Waals surface area contributed by atoms with Gasteiger partial charge in [-0.05, 0) is 31.4 Å². The average Bonchev–Trinajstić information content (AvgIpc) is 2.30. The van der Waals surface area contributed by atoms with E-state index in [1.54, 1.807) is 24.5 Å². The second-order valence-electron chi connectivity index (χ2n) is 3.94. The molecule has 2 heterocycles. The number of piperidine rings is 1. The summed E-state index contributed by atoms with van der Waals surface area (Å²) < 4.78 is -0.690. The first-order valence-electron chi connectivity index (χ1n) is 5.25. The van der Waals surface area contributed by atoms with Crippen molar-refractivity contribution in [2.45, 2.75) is 19.3 Å². The van der Waals surface area contributed by atoms with Crippen LogP contribution in [0.2, 0.25) is 0 Å². The lowest BCUT2D eigenvalue weighted by Crippen LogP contribution is -2.50. The quantitative estimate of drug-likeness (QED) is 0.519. The van der Waals surface area contributed by atoms with Gasteiger partial charge in [0.1, 0.15) is 0 Å². The number of amides is 1. The molecule has 1 amide bonds. The Morgan fingerprint density at radius 1 is 1.20 bits per heavy atom. The van der Waals surface area contributed by atoms with E-state index in [1.807, 2.05) is 0 Å². The largest absolute Gasteiger partial charge is 0.625 e. The highest BCUT2D eigenvalue weighted by Gasteiger charge is 2.30. The number of carbonyl (C=O) groups is 1. The van der Waals surface area contributed by atoms with Crippen molar-refractivity contribution in [3.8, 4) is 0 Å². The Kier molecular flexibility index (Phi) is 2.79. The molecule has 1 saturated heterocycles. The molecule has 1 aliphatic heterocycles. The van der Waals surface area contributed by atoms with Crippen LogP contribution in [0.15, 0.2) is 24.5 Å². The van der Waals surface area contributed by atoms with Gasteiger partial charge in [-0.3, -0.25) is 9.63 Å². The molecule has 4 nitrogen and oxygen atoms in total. The van der Waals surface area contributed by atoms with Crippen LogP contribution in [0.4, 0.5) is 0 Å². The molecule has 0 N–H and O–H groups in total. The van der Waals surface area contributed by atoms with E-state index >= 15 is 0 Å². The molecule has 0 bridgehead atoms. The number of quaternary nitrogens is 1. The molecule has 2 rings (SSSR count). The molecular weight excluding hydrogens is 192 g/mol. The summed E-state index contributed by atoms with van der Waals surface area (Å²) in [4.78, 5) is 15.8. The van der Waals surface area contributed by atoms with Crippen molar-refractivity contribution in [1.82, 2.24) is 4.98 Å².